The van der Waals surface area contributed by atoms with Crippen molar-refractivity contribution in [3.63, 3.8) is 0 Å². The Morgan fingerprint density at radius 1 is 1.30 bits per heavy atom. The van der Waals surface area contributed by atoms with Crippen LogP contribution < -0.4 is 4.72 Å². The van der Waals surface area contributed by atoms with Gasteiger partial charge in [-0.1, -0.05) is 29.3 Å². The van der Waals surface area contributed by atoms with Crippen LogP contribution in [-0.2, 0) is 10.2 Å². The second kappa shape index (κ2) is 6.49. The monoisotopic (exact) mass is 338 g/mol. The summed E-state index contributed by atoms with van der Waals surface area (Å²) in [6.07, 6.45) is 1.31. The van der Waals surface area contributed by atoms with Crippen LogP contribution >= 0.6 is 23.2 Å². The third kappa shape index (κ3) is 3.56. The van der Waals surface area contributed by atoms with Gasteiger partial charge in [0.1, 0.15) is 0 Å². The number of benzene rings is 1. The highest BCUT2D eigenvalue weighted by atomic mass is 35.5. The van der Waals surface area contributed by atoms with Gasteiger partial charge in [0.05, 0.1) is 15.7 Å². The number of aliphatic hydroxyl groups excluding tert-OH is 1. The summed E-state index contributed by atoms with van der Waals surface area (Å²) in [5.74, 6) is 0.177. The molecule has 5 nitrogen and oxygen atoms in total. The van der Waals surface area contributed by atoms with Gasteiger partial charge < -0.3 is 5.11 Å². The topological polar surface area (TPSA) is 69.6 Å². The molecule has 0 unspecified atom stereocenters. The van der Waals surface area contributed by atoms with E-state index in [-0.39, 0.29) is 23.2 Å². The van der Waals surface area contributed by atoms with Crippen LogP contribution in [0, 0.1) is 5.92 Å². The van der Waals surface area contributed by atoms with Gasteiger partial charge in [-0.25, -0.2) is 0 Å². The van der Waals surface area contributed by atoms with E-state index >= 15 is 0 Å². The molecule has 0 aliphatic carbocycles. The maximum atomic E-state index is 12.3. The first kappa shape index (κ1) is 15.9. The lowest BCUT2D eigenvalue weighted by Gasteiger charge is -2.30. The fourth-order valence-corrected chi connectivity index (χ4v) is 3.79. The molecule has 2 N–H and O–H groups in total. The maximum Gasteiger partial charge on any atom is 0.301 e. The molecule has 2 rings (SSSR count). The van der Waals surface area contributed by atoms with Gasteiger partial charge >= 0.3 is 10.2 Å². The summed E-state index contributed by atoms with van der Waals surface area (Å²) in [6, 6.07) is 4.78. The molecular weight excluding hydrogens is 323 g/mol. The lowest BCUT2D eigenvalue weighted by atomic mass is 10.00. The Bertz CT molecular complexity index is 572. The molecule has 0 amide bonds. The lowest BCUT2D eigenvalue weighted by Crippen LogP contribution is -2.42. The van der Waals surface area contributed by atoms with Crippen molar-refractivity contribution in [3.8, 4) is 0 Å². The molecule has 1 heterocycles. The molecule has 1 aliphatic heterocycles. The fourth-order valence-electron chi connectivity index (χ4n) is 2.12. The fraction of sp³-hybridized carbons (Fsp3) is 0.500. The number of piperidine rings is 1. The third-order valence-corrected chi connectivity index (χ3v) is 5.70. The van der Waals surface area contributed by atoms with Crippen molar-refractivity contribution in [1.82, 2.24) is 4.31 Å². The van der Waals surface area contributed by atoms with E-state index in [0.717, 1.165) is 0 Å². The smallest absolute Gasteiger partial charge is 0.301 e. The number of halogens is 2. The molecule has 1 aromatic carbocycles. The van der Waals surface area contributed by atoms with E-state index in [4.69, 9.17) is 28.3 Å². The van der Waals surface area contributed by atoms with Gasteiger partial charge in [-0.2, -0.15) is 12.7 Å². The summed E-state index contributed by atoms with van der Waals surface area (Å²) >= 11 is 11.8. The zero-order valence-corrected chi connectivity index (χ0v) is 13.0. The van der Waals surface area contributed by atoms with Crippen LogP contribution in [0.1, 0.15) is 12.8 Å². The van der Waals surface area contributed by atoms with Crippen LogP contribution in [0.4, 0.5) is 5.69 Å². The molecule has 1 saturated heterocycles. The minimum Gasteiger partial charge on any atom is -0.396 e. The van der Waals surface area contributed by atoms with Gasteiger partial charge in [0.15, 0.2) is 0 Å². The average Bonchev–Trinajstić information content (AvgIpc) is 2.44. The summed E-state index contributed by atoms with van der Waals surface area (Å²) in [6.45, 7) is 0.874. The van der Waals surface area contributed by atoms with Gasteiger partial charge in [0.25, 0.3) is 0 Å². The van der Waals surface area contributed by atoms with Crippen molar-refractivity contribution >= 4 is 39.1 Å². The first-order valence-electron chi connectivity index (χ1n) is 6.27. The van der Waals surface area contributed by atoms with Crippen LogP contribution in [0.25, 0.3) is 0 Å². The second-order valence-electron chi connectivity index (χ2n) is 4.73. The van der Waals surface area contributed by atoms with Crippen LogP contribution in [0.5, 0.6) is 0 Å². The average molecular weight is 339 g/mol. The van der Waals surface area contributed by atoms with Crippen LogP contribution in [0.15, 0.2) is 18.2 Å². The van der Waals surface area contributed by atoms with Crippen LogP contribution in [-0.4, -0.2) is 37.5 Å². The van der Waals surface area contributed by atoms with E-state index in [1.165, 1.54) is 4.31 Å². The van der Waals surface area contributed by atoms with Gasteiger partial charge in [-0.05, 0) is 30.9 Å². The molecule has 8 heteroatoms. The first-order valence-corrected chi connectivity index (χ1v) is 8.46. The number of aliphatic hydroxyl groups is 1. The minimum absolute atomic E-state index is 0.0986. The zero-order chi connectivity index (χ0) is 14.8. The van der Waals surface area contributed by atoms with Gasteiger partial charge in [0, 0.05) is 19.7 Å². The summed E-state index contributed by atoms with van der Waals surface area (Å²) in [5.41, 5.74) is 0.267. The number of nitrogens with zero attached hydrogens (tertiary/aromatic N) is 1. The van der Waals surface area contributed by atoms with E-state index < -0.39 is 10.2 Å². The Morgan fingerprint density at radius 3 is 2.55 bits per heavy atom. The summed E-state index contributed by atoms with van der Waals surface area (Å²) in [4.78, 5) is 0. The number of hydrogen-bond donors (Lipinski definition) is 2. The zero-order valence-electron chi connectivity index (χ0n) is 10.7. The van der Waals surface area contributed by atoms with Crippen molar-refractivity contribution in [2.45, 2.75) is 12.8 Å². The minimum atomic E-state index is -3.65. The summed E-state index contributed by atoms with van der Waals surface area (Å²) in [7, 11) is -3.65. The number of hydrogen-bond acceptors (Lipinski definition) is 3. The molecule has 1 aromatic rings. The highest BCUT2D eigenvalue weighted by molar-refractivity contribution is 7.90. The van der Waals surface area contributed by atoms with Crippen molar-refractivity contribution in [1.29, 1.82) is 0 Å². The third-order valence-electron chi connectivity index (χ3n) is 3.36. The molecule has 0 radical (unpaired) electrons. The first-order chi connectivity index (χ1) is 9.44. The van der Waals surface area contributed by atoms with E-state index in [1.807, 2.05) is 0 Å². The van der Waals surface area contributed by atoms with Gasteiger partial charge in [-0.15, -0.1) is 0 Å². The van der Waals surface area contributed by atoms with Crippen molar-refractivity contribution < 1.29 is 13.5 Å². The summed E-state index contributed by atoms with van der Waals surface area (Å²) in [5, 5.41) is 9.55. The lowest BCUT2D eigenvalue weighted by molar-refractivity contribution is 0.170. The van der Waals surface area contributed by atoms with Gasteiger partial charge in [0.2, 0.25) is 0 Å². The van der Waals surface area contributed by atoms with Gasteiger partial charge in [-0.3, -0.25) is 4.72 Å². The molecule has 0 bridgehead atoms. The Labute approximate surface area is 128 Å². The molecule has 0 saturated carbocycles. The van der Waals surface area contributed by atoms with E-state index in [1.54, 1.807) is 18.2 Å². The van der Waals surface area contributed by atoms with Crippen molar-refractivity contribution in [3.05, 3.63) is 28.2 Å². The van der Waals surface area contributed by atoms with E-state index in [9.17, 15) is 8.42 Å². The molecule has 112 valence electrons. The van der Waals surface area contributed by atoms with E-state index in [0.29, 0.717) is 31.0 Å². The number of anilines is 1. The summed E-state index contributed by atoms with van der Waals surface area (Å²) < 4.78 is 28.3. The quantitative estimate of drug-likeness (QED) is 0.885. The predicted molar refractivity (Wildman–Crippen MR) is 80.4 cm³/mol. The molecule has 1 fully saturated rings. The Balaban J connectivity index is 2.10. The normalized spacial score (nSPS) is 18.1. The molecule has 0 aromatic heterocycles. The number of rotatable bonds is 4. The Hall–Kier alpha value is -0.530. The SMILES string of the molecule is O=S(=O)(Nc1cccc(Cl)c1Cl)N1CCC(CO)CC1. The molecular formula is C12H16Cl2N2O3S. The van der Waals surface area contributed by atoms with E-state index in [2.05, 4.69) is 4.72 Å². The highest BCUT2D eigenvalue weighted by Gasteiger charge is 2.28. The maximum absolute atomic E-state index is 12.3. The number of nitrogens with one attached hydrogen (secondary N) is 1. The Morgan fingerprint density at radius 2 is 1.95 bits per heavy atom. The predicted octanol–water partition coefficient (Wildman–Crippen LogP) is 2.35. The van der Waals surface area contributed by atoms with Crippen molar-refractivity contribution in [2.24, 2.45) is 5.92 Å². The van der Waals surface area contributed by atoms with Crippen LogP contribution in [0.3, 0.4) is 0 Å². The van der Waals surface area contributed by atoms with Crippen LogP contribution in [0.2, 0.25) is 10.0 Å². The second-order valence-corrected chi connectivity index (χ2v) is 7.19. The molecule has 0 spiro atoms. The van der Waals surface area contributed by atoms with Crippen molar-refractivity contribution in [2.75, 3.05) is 24.4 Å². The molecule has 0 atom stereocenters. The Kier molecular flexibility index (Phi) is 5.14. The standard InChI is InChI=1S/C12H16Cl2N2O3S/c13-10-2-1-3-11(12(10)14)15-20(18,19)16-6-4-9(8-17)5-7-16/h1-3,9,15,17H,4-8H2. The molecule has 20 heavy (non-hydrogen) atoms. The largest absolute Gasteiger partial charge is 0.396 e. The molecule has 1 aliphatic rings. The highest BCUT2D eigenvalue weighted by Crippen LogP contribution is 2.31.